The molecule has 0 atom stereocenters. The van der Waals surface area contributed by atoms with Crippen molar-refractivity contribution in [3.63, 3.8) is 0 Å². The molecule has 104 valence electrons. The number of carbonyl (C=O) groups is 2. The van der Waals surface area contributed by atoms with Crippen LogP contribution in [0.2, 0.25) is 0 Å². The molecule has 2 amide bonds. The van der Waals surface area contributed by atoms with Gasteiger partial charge in [-0.15, -0.1) is 0 Å². The fourth-order valence-electron chi connectivity index (χ4n) is 1.85. The van der Waals surface area contributed by atoms with E-state index in [1.165, 1.54) is 4.90 Å². The molecule has 1 rings (SSSR count). The summed E-state index contributed by atoms with van der Waals surface area (Å²) in [6.07, 6.45) is 1.44. The molecule has 0 aromatic rings. The van der Waals surface area contributed by atoms with Crippen LogP contribution >= 0.6 is 0 Å². The summed E-state index contributed by atoms with van der Waals surface area (Å²) < 4.78 is 0. The Morgan fingerprint density at radius 3 is 2.78 bits per heavy atom. The highest BCUT2D eigenvalue weighted by atomic mass is 16.2. The summed E-state index contributed by atoms with van der Waals surface area (Å²) in [5.74, 6) is 0.0396. The molecule has 1 fully saturated rings. The SMILES string of the molecule is CN(C)C(=O)CCNC(=O)CN1CCCNCC1. The Labute approximate surface area is 109 Å². The van der Waals surface area contributed by atoms with Crippen molar-refractivity contribution >= 4 is 11.8 Å². The second kappa shape index (κ2) is 8.05. The quantitative estimate of drug-likeness (QED) is 0.654. The van der Waals surface area contributed by atoms with Crippen LogP contribution in [0.1, 0.15) is 12.8 Å². The highest BCUT2D eigenvalue weighted by molar-refractivity contribution is 5.79. The Bertz CT molecular complexity index is 273. The topological polar surface area (TPSA) is 64.7 Å². The lowest BCUT2D eigenvalue weighted by atomic mass is 10.3. The Kier molecular flexibility index (Phi) is 6.67. The average Bonchev–Trinajstić information content (AvgIpc) is 2.57. The zero-order valence-electron chi connectivity index (χ0n) is 11.4. The van der Waals surface area contributed by atoms with Gasteiger partial charge in [-0.2, -0.15) is 0 Å². The first-order valence-corrected chi connectivity index (χ1v) is 6.49. The van der Waals surface area contributed by atoms with Crippen molar-refractivity contribution in [2.24, 2.45) is 0 Å². The van der Waals surface area contributed by atoms with E-state index in [2.05, 4.69) is 15.5 Å². The van der Waals surface area contributed by atoms with Gasteiger partial charge in [0.25, 0.3) is 0 Å². The van der Waals surface area contributed by atoms with Gasteiger partial charge in [-0.05, 0) is 19.5 Å². The summed E-state index contributed by atoms with van der Waals surface area (Å²) in [5.41, 5.74) is 0. The second-order valence-corrected chi connectivity index (χ2v) is 4.77. The summed E-state index contributed by atoms with van der Waals surface area (Å²) in [6, 6.07) is 0. The molecular weight excluding hydrogens is 232 g/mol. The van der Waals surface area contributed by atoms with Gasteiger partial charge in [0.15, 0.2) is 0 Å². The fourth-order valence-corrected chi connectivity index (χ4v) is 1.85. The Balaban J connectivity index is 2.14. The third kappa shape index (κ3) is 5.97. The van der Waals surface area contributed by atoms with Gasteiger partial charge >= 0.3 is 0 Å². The minimum absolute atomic E-state index is 0.00320. The molecule has 0 aromatic carbocycles. The first-order chi connectivity index (χ1) is 8.59. The lowest BCUT2D eigenvalue weighted by molar-refractivity contribution is -0.128. The Morgan fingerprint density at radius 1 is 1.28 bits per heavy atom. The monoisotopic (exact) mass is 256 g/mol. The van der Waals surface area contributed by atoms with Gasteiger partial charge in [0.2, 0.25) is 11.8 Å². The molecule has 0 saturated carbocycles. The number of hydrogen-bond donors (Lipinski definition) is 2. The maximum atomic E-state index is 11.7. The van der Waals surface area contributed by atoms with Crippen LogP contribution in [-0.2, 0) is 9.59 Å². The molecule has 1 saturated heterocycles. The minimum atomic E-state index is 0.00320. The van der Waals surface area contributed by atoms with E-state index in [1.807, 2.05) is 0 Å². The van der Waals surface area contributed by atoms with E-state index in [9.17, 15) is 9.59 Å². The van der Waals surface area contributed by atoms with E-state index in [4.69, 9.17) is 0 Å². The largest absolute Gasteiger partial charge is 0.354 e. The molecule has 0 radical (unpaired) electrons. The van der Waals surface area contributed by atoms with Gasteiger partial charge in [0, 0.05) is 40.2 Å². The van der Waals surface area contributed by atoms with E-state index >= 15 is 0 Å². The van der Waals surface area contributed by atoms with Crippen LogP contribution in [-0.4, -0.2) is 75.0 Å². The van der Waals surface area contributed by atoms with Crippen LogP contribution in [0.15, 0.2) is 0 Å². The Morgan fingerprint density at radius 2 is 2.06 bits per heavy atom. The number of amides is 2. The first kappa shape index (κ1) is 14.9. The number of rotatable bonds is 5. The number of nitrogens with one attached hydrogen (secondary N) is 2. The summed E-state index contributed by atoms with van der Waals surface area (Å²) in [4.78, 5) is 26.7. The normalized spacial score (nSPS) is 17.0. The van der Waals surface area contributed by atoms with E-state index in [0.717, 1.165) is 32.6 Å². The molecule has 6 nitrogen and oxygen atoms in total. The lowest BCUT2D eigenvalue weighted by Crippen LogP contribution is -2.40. The maximum Gasteiger partial charge on any atom is 0.234 e. The average molecular weight is 256 g/mol. The molecule has 0 aromatic heterocycles. The maximum absolute atomic E-state index is 11.7. The van der Waals surface area contributed by atoms with E-state index in [-0.39, 0.29) is 11.8 Å². The third-order valence-corrected chi connectivity index (χ3v) is 2.96. The predicted octanol–water partition coefficient (Wildman–Crippen LogP) is -1.12. The van der Waals surface area contributed by atoms with Gasteiger partial charge in [0.1, 0.15) is 0 Å². The number of carbonyl (C=O) groups excluding carboxylic acids is 2. The van der Waals surface area contributed by atoms with Crippen LogP contribution < -0.4 is 10.6 Å². The summed E-state index contributed by atoms with van der Waals surface area (Å²) in [7, 11) is 3.43. The predicted molar refractivity (Wildman–Crippen MR) is 70.2 cm³/mol. The molecule has 2 N–H and O–H groups in total. The molecule has 1 aliphatic rings. The van der Waals surface area contributed by atoms with Gasteiger partial charge in [-0.1, -0.05) is 0 Å². The molecule has 0 spiro atoms. The van der Waals surface area contributed by atoms with Crippen LogP contribution in [0.4, 0.5) is 0 Å². The molecule has 6 heteroatoms. The molecule has 0 aliphatic carbocycles. The molecule has 1 heterocycles. The summed E-state index contributed by atoms with van der Waals surface area (Å²) in [5, 5.41) is 6.09. The molecule has 0 unspecified atom stereocenters. The van der Waals surface area contributed by atoms with Crippen LogP contribution in [0.25, 0.3) is 0 Å². The lowest BCUT2D eigenvalue weighted by Gasteiger charge is -2.18. The van der Waals surface area contributed by atoms with Crippen molar-refractivity contribution < 1.29 is 9.59 Å². The second-order valence-electron chi connectivity index (χ2n) is 4.77. The third-order valence-electron chi connectivity index (χ3n) is 2.96. The van der Waals surface area contributed by atoms with E-state index in [1.54, 1.807) is 14.1 Å². The molecular formula is C12H24N4O2. The van der Waals surface area contributed by atoms with Crippen molar-refractivity contribution in [1.29, 1.82) is 0 Å². The fraction of sp³-hybridized carbons (Fsp3) is 0.833. The zero-order chi connectivity index (χ0) is 13.4. The number of hydrogen-bond acceptors (Lipinski definition) is 4. The van der Waals surface area contributed by atoms with Crippen molar-refractivity contribution in [2.45, 2.75) is 12.8 Å². The van der Waals surface area contributed by atoms with Gasteiger partial charge in [-0.25, -0.2) is 0 Å². The Hall–Kier alpha value is -1.14. The highest BCUT2D eigenvalue weighted by Gasteiger charge is 2.12. The van der Waals surface area contributed by atoms with Crippen molar-refractivity contribution in [1.82, 2.24) is 20.4 Å². The summed E-state index contributed by atoms with van der Waals surface area (Å²) >= 11 is 0. The van der Waals surface area contributed by atoms with Gasteiger partial charge in [-0.3, -0.25) is 14.5 Å². The molecule has 18 heavy (non-hydrogen) atoms. The van der Waals surface area contributed by atoms with Gasteiger partial charge in [0.05, 0.1) is 6.54 Å². The van der Waals surface area contributed by atoms with E-state index in [0.29, 0.717) is 19.5 Å². The van der Waals surface area contributed by atoms with Crippen molar-refractivity contribution in [2.75, 3.05) is 53.4 Å². The van der Waals surface area contributed by atoms with Crippen LogP contribution in [0.5, 0.6) is 0 Å². The van der Waals surface area contributed by atoms with Gasteiger partial charge < -0.3 is 15.5 Å². The first-order valence-electron chi connectivity index (χ1n) is 6.49. The summed E-state index contributed by atoms with van der Waals surface area (Å²) in [6.45, 7) is 4.67. The number of nitrogens with zero attached hydrogens (tertiary/aromatic N) is 2. The minimum Gasteiger partial charge on any atom is -0.354 e. The van der Waals surface area contributed by atoms with Crippen molar-refractivity contribution in [3.05, 3.63) is 0 Å². The zero-order valence-corrected chi connectivity index (χ0v) is 11.4. The molecule has 1 aliphatic heterocycles. The highest BCUT2D eigenvalue weighted by Crippen LogP contribution is 1.94. The smallest absolute Gasteiger partial charge is 0.234 e. The van der Waals surface area contributed by atoms with Crippen LogP contribution in [0, 0.1) is 0 Å². The molecule has 0 bridgehead atoms. The van der Waals surface area contributed by atoms with Crippen molar-refractivity contribution in [3.8, 4) is 0 Å². The van der Waals surface area contributed by atoms with Crippen LogP contribution in [0.3, 0.4) is 0 Å². The van der Waals surface area contributed by atoms with E-state index < -0.39 is 0 Å². The standard InChI is InChI=1S/C12H24N4O2/c1-15(2)12(18)4-6-14-11(17)10-16-8-3-5-13-7-9-16/h13H,3-10H2,1-2H3,(H,14,17).